The van der Waals surface area contributed by atoms with E-state index in [2.05, 4.69) is 4.98 Å². The van der Waals surface area contributed by atoms with Crippen molar-refractivity contribution in [3.05, 3.63) is 59.4 Å². The van der Waals surface area contributed by atoms with E-state index in [0.717, 1.165) is 18.2 Å². The highest BCUT2D eigenvalue weighted by Crippen LogP contribution is 2.38. The maximum atomic E-state index is 14.3. The maximum Gasteiger partial charge on any atom is 0.410 e. The lowest BCUT2D eigenvalue weighted by Gasteiger charge is -2.21. The van der Waals surface area contributed by atoms with E-state index in [0.29, 0.717) is 17.2 Å². The highest BCUT2D eigenvalue weighted by Gasteiger charge is 2.40. The van der Waals surface area contributed by atoms with Crippen molar-refractivity contribution >= 4 is 16.8 Å². The van der Waals surface area contributed by atoms with Crippen LogP contribution in [0.1, 0.15) is 24.8 Å². The molecule has 3 rings (SSSR count). The first kappa shape index (κ1) is 22.7. The van der Waals surface area contributed by atoms with E-state index in [1.54, 1.807) is 5.32 Å². The van der Waals surface area contributed by atoms with Crippen LogP contribution in [0.25, 0.3) is 22.2 Å². The molecule has 2 unspecified atom stereocenters. The number of aromatic nitrogens is 1. The molecule has 3 aromatic rings. The number of aliphatic hydroxyl groups excluding tert-OH is 1. The molecule has 1 aromatic heterocycles. The number of fused-ring (bicyclic) bond motifs is 1. The molecule has 10 heteroatoms. The van der Waals surface area contributed by atoms with Crippen LogP contribution in [0.4, 0.5) is 26.3 Å². The van der Waals surface area contributed by atoms with Crippen LogP contribution in [0.15, 0.2) is 36.4 Å². The number of hydrogen-bond donors (Lipinski definition) is 3. The highest BCUT2D eigenvalue weighted by molar-refractivity contribution is 5.92. The van der Waals surface area contributed by atoms with Crippen molar-refractivity contribution in [1.29, 1.82) is 0 Å². The minimum atomic E-state index is -4.83. The first-order valence-electron chi connectivity index (χ1n) is 9.24. The lowest BCUT2D eigenvalue weighted by Crippen LogP contribution is -2.48. The van der Waals surface area contributed by atoms with E-state index < -0.39 is 54.5 Å². The number of aromatic amines is 1. The van der Waals surface area contributed by atoms with Gasteiger partial charge in [0.05, 0.1) is 17.8 Å². The highest BCUT2D eigenvalue weighted by atomic mass is 19.4. The lowest BCUT2D eigenvalue weighted by molar-refractivity contribution is -0.168. The molecule has 0 radical (unpaired) electrons. The first-order valence-corrected chi connectivity index (χ1v) is 9.24. The Labute approximate surface area is 172 Å². The second-order valence-corrected chi connectivity index (χ2v) is 7.18. The minimum absolute atomic E-state index is 0.0495. The average molecular weight is 444 g/mol. The zero-order chi connectivity index (χ0) is 22.9. The van der Waals surface area contributed by atoms with E-state index in [1.165, 1.54) is 19.1 Å². The number of alkyl halides is 3. The fraction of sp³-hybridized carbons (Fsp3) is 0.286. The quantitative estimate of drug-likeness (QED) is 0.479. The predicted molar refractivity (Wildman–Crippen MR) is 102 cm³/mol. The molecule has 0 fully saturated rings. The zero-order valence-electron chi connectivity index (χ0n) is 16.2. The van der Waals surface area contributed by atoms with Crippen LogP contribution in [0.3, 0.4) is 0 Å². The third-order valence-electron chi connectivity index (χ3n) is 4.89. The van der Waals surface area contributed by atoms with Gasteiger partial charge in [-0.25, -0.2) is 13.2 Å². The number of benzene rings is 2. The third-order valence-corrected chi connectivity index (χ3v) is 4.89. The Balaban J connectivity index is 2.02. The Morgan fingerprint density at radius 3 is 2.32 bits per heavy atom. The Hall–Kier alpha value is -3.01. The molecular formula is C21H18F6N2O2. The Bertz CT molecular complexity index is 1090. The number of aliphatic hydroxyl groups is 1. The molecule has 31 heavy (non-hydrogen) atoms. The van der Waals surface area contributed by atoms with Gasteiger partial charge in [0, 0.05) is 17.9 Å². The monoisotopic (exact) mass is 444 g/mol. The lowest BCUT2D eigenvalue weighted by atomic mass is 9.92. The molecule has 0 saturated heterocycles. The summed E-state index contributed by atoms with van der Waals surface area (Å²) < 4.78 is 80.0. The molecule has 2 aromatic carbocycles. The number of carbonyl (C=O) groups excluding carboxylic acids is 1. The average Bonchev–Trinajstić information content (AvgIpc) is 3.05. The summed E-state index contributed by atoms with van der Waals surface area (Å²) in [4.78, 5) is 15.0. The number of carbonyl (C=O) groups is 1. The van der Waals surface area contributed by atoms with E-state index in [9.17, 15) is 31.1 Å². The summed E-state index contributed by atoms with van der Waals surface area (Å²) in [5.41, 5.74) is 0.951. The van der Waals surface area contributed by atoms with Gasteiger partial charge in [-0.2, -0.15) is 13.2 Å². The van der Waals surface area contributed by atoms with E-state index in [1.807, 2.05) is 0 Å². The standard InChI is InChI=1S/C21H18F6N2O2/c1-10(6-17(31)28-16(9-30)21(25,26)27)18-14-7-13(23)8-15(24)20(14)29-19(18)11-2-4-12(22)5-3-11/h2-5,7-8,10,16,29-30H,6,9H2,1H3,(H,28,31). The van der Waals surface area contributed by atoms with Crippen LogP contribution < -0.4 is 5.32 Å². The number of rotatable bonds is 6. The van der Waals surface area contributed by atoms with Gasteiger partial charge in [0.15, 0.2) is 0 Å². The minimum Gasteiger partial charge on any atom is -0.394 e. The molecule has 4 nitrogen and oxygen atoms in total. The predicted octanol–water partition coefficient (Wildman–Crippen LogP) is 4.79. The fourth-order valence-electron chi connectivity index (χ4n) is 3.46. The molecule has 1 heterocycles. The van der Waals surface area contributed by atoms with Crippen molar-refractivity contribution < 1.29 is 36.2 Å². The number of nitrogens with one attached hydrogen (secondary N) is 2. The van der Waals surface area contributed by atoms with Gasteiger partial charge in [0.1, 0.15) is 23.5 Å². The summed E-state index contributed by atoms with van der Waals surface area (Å²) in [7, 11) is 0. The van der Waals surface area contributed by atoms with Gasteiger partial charge < -0.3 is 15.4 Å². The fourth-order valence-corrected chi connectivity index (χ4v) is 3.46. The maximum absolute atomic E-state index is 14.3. The summed E-state index contributed by atoms with van der Waals surface area (Å²) in [6.07, 6.45) is -5.29. The van der Waals surface area contributed by atoms with Crippen molar-refractivity contribution in [3.63, 3.8) is 0 Å². The summed E-state index contributed by atoms with van der Waals surface area (Å²) in [5, 5.41) is 10.7. The van der Waals surface area contributed by atoms with Crippen molar-refractivity contribution in [2.75, 3.05) is 6.61 Å². The van der Waals surface area contributed by atoms with Gasteiger partial charge >= 0.3 is 6.18 Å². The topological polar surface area (TPSA) is 65.1 Å². The molecule has 2 atom stereocenters. The van der Waals surface area contributed by atoms with Gasteiger partial charge in [-0.15, -0.1) is 0 Å². The molecule has 3 N–H and O–H groups in total. The number of amides is 1. The number of hydrogen-bond acceptors (Lipinski definition) is 2. The Kier molecular flexibility index (Phi) is 6.30. The van der Waals surface area contributed by atoms with Crippen LogP contribution in [0, 0.1) is 17.5 Å². The van der Waals surface area contributed by atoms with Gasteiger partial charge in [0.2, 0.25) is 5.91 Å². The van der Waals surface area contributed by atoms with Crippen molar-refractivity contribution in [2.45, 2.75) is 31.5 Å². The Morgan fingerprint density at radius 2 is 1.74 bits per heavy atom. The van der Waals surface area contributed by atoms with E-state index >= 15 is 0 Å². The molecule has 0 spiro atoms. The summed E-state index contributed by atoms with van der Waals surface area (Å²) in [5.74, 6) is -4.06. The Morgan fingerprint density at radius 1 is 1.10 bits per heavy atom. The molecule has 0 aliphatic heterocycles. The number of halogens is 6. The number of H-pyrrole nitrogens is 1. The second kappa shape index (κ2) is 8.62. The smallest absolute Gasteiger partial charge is 0.394 e. The van der Waals surface area contributed by atoms with Crippen molar-refractivity contribution in [2.24, 2.45) is 0 Å². The van der Waals surface area contributed by atoms with E-state index in [4.69, 9.17) is 5.11 Å². The third kappa shape index (κ3) is 4.84. The van der Waals surface area contributed by atoms with Crippen LogP contribution in [0.2, 0.25) is 0 Å². The van der Waals surface area contributed by atoms with Gasteiger partial charge in [-0.05, 0) is 47.4 Å². The molecule has 0 bridgehead atoms. The van der Waals surface area contributed by atoms with Crippen molar-refractivity contribution in [1.82, 2.24) is 10.3 Å². The van der Waals surface area contributed by atoms with Crippen LogP contribution in [0.5, 0.6) is 0 Å². The molecule has 166 valence electrons. The SMILES string of the molecule is CC(CC(=O)NC(CO)C(F)(F)F)c1c(-c2ccc(F)cc2)[nH]c2c(F)cc(F)cc12. The second-order valence-electron chi connectivity index (χ2n) is 7.18. The zero-order valence-corrected chi connectivity index (χ0v) is 16.2. The van der Waals surface area contributed by atoms with Crippen LogP contribution in [-0.2, 0) is 4.79 Å². The summed E-state index contributed by atoms with van der Waals surface area (Å²) >= 11 is 0. The molecule has 0 saturated carbocycles. The summed E-state index contributed by atoms with van der Waals surface area (Å²) in [6.45, 7) is 0.188. The molecular weight excluding hydrogens is 426 g/mol. The van der Waals surface area contributed by atoms with Gasteiger partial charge in [-0.3, -0.25) is 4.79 Å². The van der Waals surface area contributed by atoms with E-state index in [-0.39, 0.29) is 16.6 Å². The first-order chi connectivity index (χ1) is 14.5. The normalized spacial score (nSPS) is 13.9. The molecule has 0 aliphatic rings. The largest absolute Gasteiger partial charge is 0.410 e. The summed E-state index contributed by atoms with van der Waals surface area (Å²) in [6, 6.07) is 4.41. The van der Waals surface area contributed by atoms with Crippen LogP contribution in [-0.4, -0.2) is 34.8 Å². The molecule has 1 amide bonds. The van der Waals surface area contributed by atoms with Gasteiger partial charge in [0.25, 0.3) is 0 Å². The molecule has 0 aliphatic carbocycles. The van der Waals surface area contributed by atoms with Crippen molar-refractivity contribution in [3.8, 4) is 11.3 Å². The van der Waals surface area contributed by atoms with Crippen LogP contribution >= 0.6 is 0 Å². The van der Waals surface area contributed by atoms with Gasteiger partial charge in [-0.1, -0.05) is 6.92 Å².